The van der Waals surface area contributed by atoms with Gasteiger partial charge in [0.25, 0.3) is 0 Å². The summed E-state index contributed by atoms with van der Waals surface area (Å²) in [5, 5.41) is 6.73. The van der Waals surface area contributed by atoms with Crippen molar-refractivity contribution in [2.75, 3.05) is 12.4 Å². The first kappa shape index (κ1) is 19.9. The van der Waals surface area contributed by atoms with Crippen molar-refractivity contribution in [1.82, 2.24) is 5.16 Å². The molecule has 1 heterocycles. The summed E-state index contributed by atoms with van der Waals surface area (Å²) in [5.41, 5.74) is 4.04. The first-order valence-electron chi connectivity index (χ1n) is 8.98. The van der Waals surface area contributed by atoms with Crippen molar-refractivity contribution < 1.29 is 18.8 Å². The molecule has 0 aliphatic rings. The number of methoxy groups -OCH3 is 1. The lowest BCUT2D eigenvalue weighted by molar-refractivity contribution is -0.115. The SMILES string of the molecule is COC(=O)c1cccc(C#Cc2cccc(NC(=O)Cc3c(C)noc3C)c2)c1. The molecule has 0 fully saturated rings. The molecule has 0 spiro atoms. The van der Waals surface area contributed by atoms with E-state index in [-0.39, 0.29) is 12.3 Å². The summed E-state index contributed by atoms with van der Waals surface area (Å²) in [6.45, 7) is 3.60. The molecule has 0 unspecified atom stereocenters. The molecule has 1 N–H and O–H groups in total. The van der Waals surface area contributed by atoms with Crippen LogP contribution in [0.3, 0.4) is 0 Å². The zero-order valence-electron chi connectivity index (χ0n) is 16.4. The maximum Gasteiger partial charge on any atom is 0.337 e. The molecule has 0 radical (unpaired) electrons. The molecule has 0 saturated heterocycles. The Morgan fingerprint density at radius 1 is 1.07 bits per heavy atom. The van der Waals surface area contributed by atoms with Gasteiger partial charge in [0.05, 0.1) is 24.8 Å². The third-order valence-corrected chi connectivity index (χ3v) is 4.30. The van der Waals surface area contributed by atoms with E-state index in [1.54, 1.807) is 37.3 Å². The monoisotopic (exact) mass is 388 g/mol. The summed E-state index contributed by atoms with van der Waals surface area (Å²) < 4.78 is 9.81. The number of nitrogens with zero attached hydrogens (tertiary/aromatic N) is 1. The second kappa shape index (κ2) is 8.89. The molecular weight excluding hydrogens is 368 g/mol. The van der Waals surface area contributed by atoms with E-state index in [4.69, 9.17) is 9.26 Å². The number of carbonyl (C=O) groups excluding carboxylic acids is 2. The Bertz CT molecular complexity index is 1100. The number of aryl methyl sites for hydroxylation is 2. The highest BCUT2D eigenvalue weighted by Gasteiger charge is 2.13. The molecule has 1 amide bonds. The Morgan fingerprint density at radius 3 is 2.41 bits per heavy atom. The van der Waals surface area contributed by atoms with Crippen molar-refractivity contribution in [2.45, 2.75) is 20.3 Å². The molecule has 0 saturated carbocycles. The average Bonchev–Trinajstić information content (AvgIpc) is 3.04. The average molecular weight is 388 g/mol. The Labute approximate surface area is 168 Å². The molecule has 6 heteroatoms. The number of aromatic nitrogens is 1. The lowest BCUT2D eigenvalue weighted by atomic mass is 10.1. The van der Waals surface area contributed by atoms with Crippen LogP contribution in [0.4, 0.5) is 5.69 Å². The van der Waals surface area contributed by atoms with Crippen molar-refractivity contribution in [2.24, 2.45) is 0 Å². The highest BCUT2D eigenvalue weighted by molar-refractivity contribution is 5.92. The fraction of sp³-hybridized carbons (Fsp3) is 0.174. The van der Waals surface area contributed by atoms with Crippen LogP contribution in [-0.2, 0) is 16.0 Å². The van der Waals surface area contributed by atoms with Crippen LogP contribution >= 0.6 is 0 Å². The van der Waals surface area contributed by atoms with E-state index in [1.165, 1.54) is 7.11 Å². The summed E-state index contributed by atoms with van der Waals surface area (Å²) in [6.07, 6.45) is 0.192. The Balaban J connectivity index is 1.71. The highest BCUT2D eigenvalue weighted by atomic mass is 16.5. The molecule has 0 bridgehead atoms. The van der Waals surface area contributed by atoms with Gasteiger partial charge in [-0.2, -0.15) is 0 Å². The predicted octanol–water partition coefficient (Wildman–Crippen LogP) is 3.66. The van der Waals surface area contributed by atoms with E-state index in [2.05, 4.69) is 22.3 Å². The van der Waals surface area contributed by atoms with Gasteiger partial charge in [-0.25, -0.2) is 4.79 Å². The van der Waals surface area contributed by atoms with Crippen LogP contribution in [0.25, 0.3) is 0 Å². The first-order chi connectivity index (χ1) is 14.0. The Morgan fingerprint density at radius 2 is 1.76 bits per heavy atom. The van der Waals surface area contributed by atoms with E-state index in [0.717, 1.165) is 11.1 Å². The normalized spacial score (nSPS) is 10.0. The van der Waals surface area contributed by atoms with Gasteiger partial charge in [0.15, 0.2) is 0 Å². The van der Waals surface area contributed by atoms with Crippen LogP contribution in [0.15, 0.2) is 53.1 Å². The summed E-state index contributed by atoms with van der Waals surface area (Å²) in [4.78, 5) is 24.0. The number of hydrogen-bond acceptors (Lipinski definition) is 5. The number of esters is 1. The largest absolute Gasteiger partial charge is 0.465 e. The number of nitrogens with one attached hydrogen (secondary N) is 1. The quantitative estimate of drug-likeness (QED) is 0.545. The van der Waals surface area contributed by atoms with Crippen molar-refractivity contribution in [1.29, 1.82) is 0 Å². The van der Waals surface area contributed by atoms with Gasteiger partial charge in [-0.1, -0.05) is 29.1 Å². The van der Waals surface area contributed by atoms with Crippen LogP contribution < -0.4 is 5.32 Å². The molecule has 1 aromatic heterocycles. The van der Waals surface area contributed by atoms with Crippen molar-refractivity contribution >= 4 is 17.6 Å². The number of rotatable bonds is 4. The molecule has 3 rings (SSSR count). The third-order valence-electron chi connectivity index (χ3n) is 4.30. The Kier molecular flexibility index (Phi) is 6.10. The molecule has 0 aliphatic carbocycles. The minimum Gasteiger partial charge on any atom is -0.465 e. The van der Waals surface area contributed by atoms with Crippen LogP contribution in [0.5, 0.6) is 0 Å². The van der Waals surface area contributed by atoms with Gasteiger partial charge in [-0.15, -0.1) is 0 Å². The first-order valence-corrected chi connectivity index (χ1v) is 8.98. The van der Waals surface area contributed by atoms with E-state index < -0.39 is 5.97 Å². The van der Waals surface area contributed by atoms with Crippen molar-refractivity contribution in [3.8, 4) is 11.8 Å². The number of hydrogen-bond donors (Lipinski definition) is 1. The molecule has 146 valence electrons. The zero-order chi connectivity index (χ0) is 20.8. The van der Waals surface area contributed by atoms with E-state index in [0.29, 0.717) is 28.3 Å². The van der Waals surface area contributed by atoms with E-state index in [9.17, 15) is 9.59 Å². The van der Waals surface area contributed by atoms with Gasteiger partial charge in [-0.3, -0.25) is 4.79 Å². The summed E-state index contributed by atoms with van der Waals surface area (Å²) in [6, 6.07) is 14.2. The second-order valence-corrected chi connectivity index (χ2v) is 6.43. The van der Waals surface area contributed by atoms with Crippen molar-refractivity contribution in [3.05, 3.63) is 82.2 Å². The minimum atomic E-state index is -0.406. The van der Waals surface area contributed by atoms with Gasteiger partial charge in [0.2, 0.25) is 5.91 Å². The summed E-state index contributed by atoms with van der Waals surface area (Å²) in [5.74, 6) is 6.15. The Hall–Kier alpha value is -3.85. The summed E-state index contributed by atoms with van der Waals surface area (Å²) in [7, 11) is 1.34. The van der Waals surface area contributed by atoms with E-state index in [1.807, 2.05) is 25.1 Å². The van der Waals surface area contributed by atoms with Crippen LogP contribution in [-0.4, -0.2) is 24.1 Å². The van der Waals surface area contributed by atoms with Gasteiger partial charge < -0.3 is 14.6 Å². The standard InChI is InChI=1S/C23H20N2O4/c1-15-21(16(2)29-25-15)14-22(26)24-20-9-5-7-18(13-20)11-10-17-6-4-8-19(12-17)23(27)28-3/h4-9,12-13H,14H2,1-3H3,(H,24,26). The van der Waals surface area contributed by atoms with Crippen LogP contribution in [0.1, 0.15) is 38.5 Å². The molecular formula is C23H20N2O4. The fourth-order valence-electron chi connectivity index (χ4n) is 2.78. The zero-order valence-corrected chi connectivity index (χ0v) is 16.4. The number of anilines is 1. The van der Waals surface area contributed by atoms with Crippen molar-refractivity contribution in [3.63, 3.8) is 0 Å². The number of benzene rings is 2. The van der Waals surface area contributed by atoms with Crippen LogP contribution in [0.2, 0.25) is 0 Å². The molecule has 2 aromatic carbocycles. The lowest BCUT2D eigenvalue weighted by Crippen LogP contribution is -2.15. The number of carbonyl (C=O) groups is 2. The molecule has 6 nitrogen and oxygen atoms in total. The molecule has 0 aliphatic heterocycles. The molecule has 3 aromatic rings. The third kappa shape index (κ3) is 5.11. The number of ether oxygens (including phenoxy) is 1. The molecule has 29 heavy (non-hydrogen) atoms. The van der Waals surface area contributed by atoms with Crippen LogP contribution in [0, 0.1) is 25.7 Å². The maximum atomic E-state index is 12.3. The summed E-state index contributed by atoms with van der Waals surface area (Å²) >= 11 is 0. The predicted molar refractivity (Wildman–Crippen MR) is 109 cm³/mol. The number of amides is 1. The maximum absolute atomic E-state index is 12.3. The van der Waals surface area contributed by atoms with E-state index >= 15 is 0 Å². The smallest absolute Gasteiger partial charge is 0.337 e. The van der Waals surface area contributed by atoms with Gasteiger partial charge in [-0.05, 0) is 50.2 Å². The second-order valence-electron chi connectivity index (χ2n) is 6.43. The van der Waals surface area contributed by atoms with Gasteiger partial charge in [0, 0.05) is 22.4 Å². The minimum absolute atomic E-state index is 0.157. The topological polar surface area (TPSA) is 81.4 Å². The highest BCUT2D eigenvalue weighted by Crippen LogP contribution is 2.15. The lowest BCUT2D eigenvalue weighted by Gasteiger charge is -2.05. The van der Waals surface area contributed by atoms with Gasteiger partial charge in [0.1, 0.15) is 5.76 Å². The fourth-order valence-corrected chi connectivity index (χ4v) is 2.78. The molecule has 0 atom stereocenters. The van der Waals surface area contributed by atoms with Gasteiger partial charge >= 0.3 is 5.97 Å².